The van der Waals surface area contributed by atoms with Crippen LogP contribution in [0, 0.1) is 0 Å². The van der Waals surface area contributed by atoms with Crippen LogP contribution in [0.5, 0.6) is 0 Å². The standard InChI is InChI=1S/C13H17ClO2/c1-2-3-9-11(15)12(14)13(16)10-7-5-4-6-8-10/h4-8,11-12,15H,2-3,9H2,1H3/t11-,12+/m1/s1. The molecule has 0 radical (unpaired) electrons. The van der Waals surface area contributed by atoms with Gasteiger partial charge in [0.2, 0.25) is 0 Å². The number of halogens is 1. The summed E-state index contributed by atoms with van der Waals surface area (Å²) >= 11 is 5.95. The average Bonchev–Trinajstić information content (AvgIpc) is 2.35. The number of rotatable bonds is 6. The molecule has 0 spiro atoms. The van der Waals surface area contributed by atoms with Crippen LogP contribution in [0.15, 0.2) is 30.3 Å². The molecule has 1 aromatic rings. The van der Waals surface area contributed by atoms with E-state index in [0.29, 0.717) is 12.0 Å². The lowest BCUT2D eigenvalue weighted by Gasteiger charge is -2.15. The van der Waals surface area contributed by atoms with Crippen molar-refractivity contribution in [1.29, 1.82) is 0 Å². The molecule has 0 fully saturated rings. The molecular formula is C13H17ClO2. The van der Waals surface area contributed by atoms with Crippen molar-refractivity contribution in [1.82, 2.24) is 0 Å². The molecule has 0 unspecified atom stereocenters. The van der Waals surface area contributed by atoms with Crippen molar-refractivity contribution in [3.05, 3.63) is 35.9 Å². The molecule has 16 heavy (non-hydrogen) atoms. The maximum Gasteiger partial charge on any atom is 0.183 e. The number of Topliss-reactive ketones (excluding diaryl/α,β-unsaturated/α-hetero) is 1. The molecule has 1 aromatic carbocycles. The minimum atomic E-state index is -0.839. The fourth-order valence-electron chi connectivity index (χ4n) is 1.50. The summed E-state index contributed by atoms with van der Waals surface area (Å²) in [6.45, 7) is 2.04. The second-order valence-corrected chi connectivity index (χ2v) is 4.31. The van der Waals surface area contributed by atoms with Crippen LogP contribution in [0.4, 0.5) is 0 Å². The number of benzene rings is 1. The maximum atomic E-state index is 11.9. The lowest BCUT2D eigenvalue weighted by atomic mass is 10.0. The van der Waals surface area contributed by atoms with Gasteiger partial charge in [-0.25, -0.2) is 0 Å². The third-order valence-electron chi connectivity index (χ3n) is 2.50. The molecule has 0 saturated carbocycles. The first-order valence-electron chi connectivity index (χ1n) is 5.58. The molecule has 2 atom stereocenters. The van der Waals surface area contributed by atoms with Crippen molar-refractivity contribution in [3.63, 3.8) is 0 Å². The fraction of sp³-hybridized carbons (Fsp3) is 0.462. The first-order chi connectivity index (χ1) is 7.66. The summed E-state index contributed by atoms with van der Waals surface area (Å²) in [6, 6.07) is 8.84. The molecule has 0 heterocycles. The van der Waals surface area contributed by atoms with Gasteiger partial charge in [0.05, 0.1) is 6.10 Å². The van der Waals surface area contributed by atoms with Gasteiger partial charge in [0, 0.05) is 5.56 Å². The average molecular weight is 241 g/mol. The quantitative estimate of drug-likeness (QED) is 0.613. The number of carbonyl (C=O) groups is 1. The molecule has 1 N–H and O–H groups in total. The third kappa shape index (κ3) is 3.62. The second-order valence-electron chi connectivity index (χ2n) is 3.84. The van der Waals surface area contributed by atoms with E-state index < -0.39 is 11.5 Å². The highest BCUT2D eigenvalue weighted by Crippen LogP contribution is 2.15. The number of hydrogen-bond donors (Lipinski definition) is 1. The van der Waals surface area contributed by atoms with E-state index in [2.05, 4.69) is 0 Å². The Morgan fingerprint density at radius 3 is 2.56 bits per heavy atom. The molecule has 0 aromatic heterocycles. The summed E-state index contributed by atoms with van der Waals surface area (Å²) in [5, 5.41) is 8.89. The predicted octanol–water partition coefficient (Wildman–Crippen LogP) is 3.03. The Morgan fingerprint density at radius 1 is 1.38 bits per heavy atom. The van der Waals surface area contributed by atoms with Gasteiger partial charge in [-0.2, -0.15) is 0 Å². The van der Waals surface area contributed by atoms with Crippen LogP contribution in [-0.4, -0.2) is 22.4 Å². The van der Waals surface area contributed by atoms with Gasteiger partial charge in [-0.3, -0.25) is 4.79 Å². The molecule has 0 aliphatic heterocycles. The van der Waals surface area contributed by atoms with Crippen LogP contribution >= 0.6 is 11.6 Å². The highest BCUT2D eigenvalue weighted by molar-refractivity contribution is 6.34. The molecule has 0 aliphatic carbocycles. The van der Waals surface area contributed by atoms with Crippen molar-refractivity contribution < 1.29 is 9.90 Å². The van der Waals surface area contributed by atoms with E-state index in [9.17, 15) is 9.90 Å². The van der Waals surface area contributed by atoms with Crippen molar-refractivity contribution in [3.8, 4) is 0 Å². The first kappa shape index (κ1) is 13.2. The van der Waals surface area contributed by atoms with Gasteiger partial charge in [0.1, 0.15) is 5.38 Å². The molecule has 0 saturated heterocycles. The molecule has 2 nitrogen and oxygen atoms in total. The van der Waals surface area contributed by atoms with E-state index in [0.717, 1.165) is 12.8 Å². The smallest absolute Gasteiger partial charge is 0.183 e. The summed E-state index contributed by atoms with van der Waals surface area (Å²) in [5.41, 5.74) is 0.554. The first-order valence-corrected chi connectivity index (χ1v) is 6.02. The van der Waals surface area contributed by atoms with E-state index in [1.807, 2.05) is 13.0 Å². The Morgan fingerprint density at radius 2 is 2.00 bits per heavy atom. The Kier molecular flexibility index (Phi) is 5.50. The highest BCUT2D eigenvalue weighted by atomic mass is 35.5. The zero-order valence-electron chi connectivity index (χ0n) is 9.40. The number of unbranched alkanes of at least 4 members (excludes halogenated alkanes) is 1. The van der Waals surface area contributed by atoms with Crippen molar-refractivity contribution >= 4 is 17.4 Å². The number of aliphatic hydroxyl groups is 1. The molecule has 88 valence electrons. The van der Waals surface area contributed by atoms with Crippen molar-refractivity contribution in [2.75, 3.05) is 0 Å². The van der Waals surface area contributed by atoms with Gasteiger partial charge < -0.3 is 5.11 Å². The van der Waals surface area contributed by atoms with Gasteiger partial charge in [0.15, 0.2) is 5.78 Å². The van der Waals surface area contributed by atoms with Crippen LogP contribution in [0.25, 0.3) is 0 Å². The summed E-state index contributed by atoms with van der Waals surface area (Å²) in [6.07, 6.45) is 1.69. The predicted molar refractivity (Wildman–Crippen MR) is 65.9 cm³/mol. The number of ketones is 1. The number of hydrogen-bond acceptors (Lipinski definition) is 2. The van der Waals surface area contributed by atoms with Crippen LogP contribution in [0.2, 0.25) is 0 Å². The molecule has 1 rings (SSSR count). The minimum Gasteiger partial charge on any atom is -0.391 e. The van der Waals surface area contributed by atoms with Crippen molar-refractivity contribution in [2.45, 2.75) is 37.7 Å². The fourth-order valence-corrected chi connectivity index (χ4v) is 1.75. The zero-order valence-corrected chi connectivity index (χ0v) is 10.2. The summed E-state index contributed by atoms with van der Waals surface area (Å²) in [7, 11) is 0. The van der Waals surface area contributed by atoms with E-state index >= 15 is 0 Å². The molecule has 3 heteroatoms. The minimum absolute atomic E-state index is 0.203. The lowest BCUT2D eigenvalue weighted by Crippen LogP contribution is -2.29. The third-order valence-corrected chi connectivity index (χ3v) is 2.99. The summed E-state index contributed by atoms with van der Waals surface area (Å²) < 4.78 is 0. The topological polar surface area (TPSA) is 37.3 Å². The van der Waals surface area contributed by atoms with Gasteiger partial charge in [-0.05, 0) is 6.42 Å². The lowest BCUT2D eigenvalue weighted by molar-refractivity contribution is 0.0876. The van der Waals surface area contributed by atoms with Gasteiger partial charge in [0.25, 0.3) is 0 Å². The number of aliphatic hydroxyl groups excluding tert-OH is 1. The van der Waals surface area contributed by atoms with E-state index in [1.165, 1.54) is 0 Å². The largest absolute Gasteiger partial charge is 0.391 e. The monoisotopic (exact) mass is 240 g/mol. The van der Waals surface area contributed by atoms with Crippen molar-refractivity contribution in [2.24, 2.45) is 0 Å². The SMILES string of the molecule is CCCC[C@@H](O)[C@H](Cl)C(=O)c1ccccc1. The molecule has 0 bridgehead atoms. The number of carbonyl (C=O) groups excluding carboxylic acids is 1. The Labute approximate surface area is 101 Å². The maximum absolute atomic E-state index is 11.9. The highest BCUT2D eigenvalue weighted by Gasteiger charge is 2.24. The van der Waals surface area contributed by atoms with Crippen LogP contribution in [0.1, 0.15) is 36.5 Å². The van der Waals surface area contributed by atoms with Gasteiger partial charge in [-0.1, -0.05) is 50.1 Å². The molecular weight excluding hydrogens is 224 g/mol. The Bertz CT molecular complexity index is 324. The zero-order chi connectivity index (χ0) is 12.0. The summed E-state index contributed by atoms with van der Waals surface area (Å²) in [5.74, 6) is -0.203. The van der Waals surface area contributed by atoms with Gasteiger partial charge in [-0.15, -0.1) is 11.6 Å². The van der Waals surface area contributed by atoms with Crippen LogP contribution < -0.4 is 0 Å². The van der Waals surface area contributed by atoms with E-state index in [4.69, 9.17) is 11.6 Å². The second kappa shape index (κ2) is 6.66. The van der Waals surface area contributed by atoms with Crippen LogP contribution in [0.3, 0.4) is 0 Å². The summed E-state index contributed by atoms with van der Waals surface area (Å²) in [4.78, 5) is 11.9. The Hall–Kier alpha value is -0.860. The van der Waals surface area contributed by atoms with Gasteiger partial charge >= 0.3 is 0 Å². The number of alkyl halides is 1. The molecule has 0 aliphatic rings. The Balaban J connectivity index is 2.60. The van der Waals surface area contributed by atoms with Crippen LogP contribution in [-0.2, 0) is 0 Å². The van der Waals surface area contributed by atoms with E-state index in [-0.39, 0.29) is 5.78 Å². The molecule has 0 amide bonds. The van der Waals surface area contributed by atoms with E-state index in [1.54, 1.807) is 24.3 Å². The normalized spacial score (nSPS) is 14.4.